The van der Waals surface area contributed by atoms with Gasteiger partial charge >= 0.3 is 18.0 Å². The van der Waals surface area contributed by atoms with E-state index in [0.717, 1.165) is 7.11 Å². The minimum absolute atomic E-state index is 0.356. The van der Waals surface area contributed by atoms with Gasteiger partial charge in [-0.25, -0.2) is 9.59 Å². The molecule has 1 atom stereocenters. The number of ether oxygens (including phenoxy) is 2. The molecule has 0 aromatic rings. The van der Waals surface area contributed by atoms with Gasteiger partial charge in [0, 0.05) is 19.8 Å². The summed E-state index contributed by atoms with van der Waals surface area (Å²) in [6, 6.07) is -1.95. The first-order valence-electron chi connectivity index (χ1n) is 6.78. The maximum Gasteiger partial charge on any atom is 0.326 e. The van der Waals surface area contributed by atoms with E-state index in [-0.39, 0.29) is 0 Å². The Morgan fingerprint density at radius 3 is 2.43 bits per heavy atom. The molecule has 0 fully saturated rings. The molecule has 0 aromatic heterocycles. The van der Waals surface area contributed by atoms with Gasteiger partial charge in [-0.05, 0) is 12.3 Å². The van der Waals surface area contributed by atoms with Crippen molar-refractivity contribution in [3.05, 3.63) is 0 Å². The van der Waals surface area contributed by atoms with Crippen LogP contribution in [0, 0.1) is 5.92 Å². The summed E-state index contributed by atoms with van der Waals surface area (Å²) < 4.78 is 9.70. The number of hydrogen-bond donors (Lipinski definition) is 3. The van der Waals surface area contributed by atoms with Crippen LogP contribution < -0.4 is 10.6 Å². The zero-order valence-electron chi connectivity index (χ0n) is 12.7. The van der Waals surface area contributed by atoms with E-state index in [4.69, 9.17) is 9.84 Å². The van der Waals surface area contributed by atoms with Crippen molar-refractivity contribution in [2.75, 3.05) is 26.9 Å². The Morgan fingerprint density at radius 1 is 1.24 bits per heavy atom. The smallest absolute Gasteiger partial charge is 0.326 e. The van der Waals surface area contributed by atoms with Crippen molar-refractivity contribution in [2.45, 2.75) is 32.7 Å². The van der Waals surface area contributed by atoms with Crippen molar-refractivity contribution in [3.8, 4) is 0 Å². The van der Waals surface area contributed by atoms with Crippen molar-refractivity contribution in [3.63, 3.8) is 0 Å². The van der Waals surface area contributed by atoms with Crippen LogP contribution in [0.2, 0.25) is 0 Å². The molecule has 122 valence electrons. The quantitative estimate of drug-likeness (QED) is 0.397. The molecule has 0 heterocycles. The Balaban J connectivity index is 3.88. The maximum atomic E-state index is 11.5. The van der Waals surface area contributed by atoms with Gasteiger partial charge in [0.15, 0.2) is 0 Å². The first kappa shape index (κ1) is 19.2. The standard InChI is InChI=1S/C13H24N2O6/c1-9(2)8-21-6-4-5-14-13(19)15-10(12(17)18)7-11(16)20-3/h9-10H,4-8H2,1-3H3,(H,17,18)(H2,14,15,19)/t10-/m0/s1. The highest BCUT2D eigenvalue weighted by atomic mass is 16.5. The molecule has 8 nitrogen and oxygen atoms in total. The first-order chi connectivity index (χ1) is 9.86. The number of aliphatic carboxylic acids is 1. The molecule has 2 amide bonds. The fraction of sp³-hybridized carbons (Fsp3) is 0.769. The van der Waals surface area contributed by atoms with Gasteiger partial charge in [-0.1, -0.05) is 13.8 Å². The molecule has 0 radical (unpaired) electrons. The minimum atomic E-state index is -1.31. The number of esters is 1. The number of urea groups is 1. The van der Waals surface area contributed by atoms with E-state index in [2.05, 4.69) is 15.4 Å². The lowest BCUT2D eigenvalue weighted by molar-refractivity contribution is -0.147. The summed E-state index contributed by atoms with van der Waals surface area (Å²) in [5, 5.41) is 13.6. The number of carboxylic acids is 1. The van der Waals surface area contributed by atoms with E-state index in [9.17, 15) is 14.4 Å². The van der Waals surface area contributed by atoms with Gasteiger partial charge in [-0.3, -0.25) is 4.79 Å². The van der Waals surface area contributed by atoms with Gasteiger partial charge in [0.2, 0.25) is 0 Å². The highest BCUT2D eigenvalue weighted by molar-refractivity contribution is 5.86. The molecule has 3 N–H and O–H groups in total. The van der Waals surface area contributed by atoms with E-state index in [1.165, 1.54) is 0 Å². The summed E-state index contributed by atoms with van der Waals surface area (Å²) in [4.78, 5) is 33.4. The summed E-state index contributed by atoms with van der Waals surface area (Å²) in [7, 11) is 1.15. The second-order valence-corrected chi connectivity index (χ2v) is 4.89. The number of hydrogen-bond acceptors (Lipinski definition) is 5. The summed E-state index contributed by atoms with van der Waals surface area (Å²) in [6.45, 7) is 5.61. The zero-order valence-corrected chi connectivity index (χ0v) is 12.7. The van der Waals surface area contributed by atoms with Gasteiger partial charge in [0.25, 0.3) is 0 Å². The van der Waals surface area contributed by atoms with Crippen molar-refractivity contribution in [1.82, 2.24) is 10.6 Å². The second kappa shape index (κ2) is 10.9. The summed E-state index contributed by atoms with van der Waals surface area (Å²) in [5.41, 5.74) is 0. The van der Waals surface area contributed by atoms with Crippen LogP contribution >= 0.6 is 0 Å². The fourth-order valence-corrected chi connectivity index (χ4v) is 1.35. The molecule has 0 aliphatic heterocycles. The van der Waals surface area contributed by atoms with E-state index in [1.807, 2.05) is 13.8 Å². The van der Waals surface area contributed by atoms with Crippen LogP contribution in [0.4, 0.5) is 4.79 Å². The average Bonchev–Trinajstić information content (AvgIpc) is 2.41. The fourth-order valence-electron chi connectivity index (χ4n) is 1.35. The minimum Gasteiger partial charge on any atom is -0.480 e. The molecule has 0 aliphatic carbocycles. The van der Waals surface area contributed by atoms with Gasteiger partial charge in [-0.2, -0.15) is 0 Å². The largest absolute Gasteiger partial charge is 0.480 e. The van der Waals surface area contributed by atoms with Crippen LogP contribution in [0.25, 0.3) is 0 Å². The van der Waals surface area contributed by atoms with E-state index in [1.54, 1.807) is 0 Å². The number of amides is 2. The van der Waals surface area contributed by atoms with Crippen LogP contribution in [-0.4, -0.2) is 56.0 Å². The highest BCUT2D eigenvalue weighted by Gasteiger charge is 2.23. The number of carboxylic acid groups (broad SMARTS) is 1. The molecule has 0 unspecified atom stereocenters. The van der Waals surface area contributed by atoms with Crippen molar-refractivity contribution >= 4 is 18.0 Å². The Hall–Kier alpha value is -1.83. The van der Waals surface area contributed by atoms with E-state index < -0.39 is 30.4 Å². The first-order valence-corrected chi connectivity index (χ1v) is 6.78. The predicted molar refractivity (Wildman–Crippen MR) is 74.9 cm³/mol. The van der Waals surface area contributed by atoms with Crippen LogP contribution in [0.5, 0.6) is 0 Å². The molecular weight excluding hydrogens is 280 g/mol. The molecule has 0 rings (SSSR count). The Kier molecular flexibility index (Phi) is 9.95. The monoisotopic (exact) mass is 304 g/mol. The molecule has 21 heavy (non-hydrogen) atoms. The van der Waals surface area contributed by atoms with Gasteiger partial charge in [0.05, 0.1) is 13.5 Å². The van der Waals surface area contributed by atoms with Crippen LogP contribution in [-0.2, 0) is 19.1 Å². The Morgan fingerprint density at radius 2 is 1.90 bits per heavy atom. The van der Waals surface area contributed by atoms with Crippen LogP contribution in [0.1, 0.15) is 26.7 Å². The molecule has 0 saturated carbocycles. The topological polar surface area (TPSA) is 114 Å². The lowest BCUT2D eigenvalue weighted by atomic mass is 10.2. The summed E-state index contributed by atoms with van der Waals surface area (Å²) >= 11 is 0. The SMILES string of the molecule is COC(=O)C[C@H](NC(=O)NCCCOCC(C)C)C(=O)O. The average molecular weight is 304 g/mol. The molecular formula is C13H24N2O6. The van der Waals surface area contributed by atoms with Crippen LogP contribution in [0.15, 0.2) is 0 Å². The zero-order chi connectivity index (χ0) is 16.3. The van der Waals surface area contributed by atoms with E-state index >= 15 is 0 Å². The lowest BCUT2D eigenvalue weighted by Gasteiger charge is -2.14. The highest BCUT2D eigenvalue weighted by Crippen LogP contribution is 1.95. The molecule has 0 saturated heterocycles. The molecule has 8 heteroatoms. The van der Waals surface area contributed by atoms with Gasteiger partial charge in [-0.15, -0.1) is 0 Å². The van der Waals surface area contributed by atoms with Crippen molar-refractivity contribution in [1.29, 1.82) is 0 Å². The van der Waals surface area contributed by atoms with Crippen LogP contribution in [0.3, 0.4) is 0 Å². The third-order valence-corrected chi connectivity index (χ3v) is 2.40. The summed E-state index contributed by atoms with van der Waals surface area (Å²) in [5.74, 6) is -1.54. The summed E-state index contributed by atoms with van der Waals surface area (Å²) in [6.07, 6.45) is 0.200. The second-order valence-electron chi connectivity index (χ2n) is 4.89. The third-order valence-electron chi connectivity index (χ3n) is 2.40. The van der Waals surface area contributed by atoms with E-state index in [0.29, 0.717) is 32.1 Å². The molecule has 0 aliphatic rings. The number of methoxy groups -OCH3 is 1. The van der Waals surface area contributed by atoms with Crippen molar-refractivity contribution in [2.24, 2.45) is 5.92 Å². The van der Waals surface area contributed by atoms with Crippen molar-refractivity contribution < 1.29 is 29.0 Å². The lowest BCUT2D eigenvalue weighted by Crippen LogP contribution is -2.47. The van der Waals surface area contributed by atoms with Gasteiger partial charge in [0.1, 0.15) is 6.04 Å². The maximum absolute atomic E-state index is 11.5. The number of carbonyl (C=O) groups excluding carboxylic acids is 2. The number of carbonyl (C=O) groups is 3. The van der Waals surface area contributed by atoms with Gasteiger partial charge < -0.3 is 25.2 Å². The molecule has 0 spiro atoms. The molecule has 0 bridgehead atoms. The Labute approximate surface area is 124 Å². The third kappa shape index (κ3) is 10.6. The number of nitrogens with one attached hydrogen (secondary N) is 2. The molecule has 0 aromatic carbocycles. The normalized spacial score (nSPS) is 11.8. The number of rotatable bonds is 10. The predicted octanol–water partition coefficient (Wildman–Crippen LogP) is 0.365. The Bertz CT molecular complexity index is 346.